The summed E-state index contributed by atoms with van der Waals surface area (Å²) < 4.78 is 9.99. The van der Waals surface area contributed by atoms with Gasteiger partial charge in [-0.05, 0) is 19.9 Å². The first-order valence-corrected chi connectivity index (χ1v) is 5.48. The minimum absolute atomic E-state index is 0.0443. The molecule has 0 aliphatic carbocycles. The van der Waals surface area contributed by atoms with Gasteiger partial charge in [-0.15, -0.1) is 4.98 Å². The average molecular weight is 239 g/mol. The molecule has 7 nitrogen and oxygen atoms in total. The number of ether oxygens (including phenoxy) is 2. The zero-order chi connectivity index (χ0) is 12.3. The number of nitrogens with one attached hydrogen (secondary N) is 2. The topological polar surface area (TPSA) is 81.2 Å². The molecule has 1 saturated heterocycles. The van der Waals surface area contributed by atoms with E-state index in [1.807, 2.05) is 0 Å². The summed E-state index contributed by atoms with van der Waals surface area (Å²) >= 11 is 0. The third-order valence-electron chi connectivity index (χ3n) is 2.74. The van der Waals surface area contributed by atoms with Crippen molar-refractivity contribution in [2.45, 2.75) is 18.9 Å². The summed E-state index contributed by atoms with van der Waals surface area (Å²) in [5.41, 5.74) is -0.0443. The van der Waals surface area contributed by atoms with Crippen molar-refractivity contribution in [1.29, 1.82) is 0 Å². The van der Waals surface area contributed by atoms with Crippen molar-refractivity contribution in [2.75, 3.05) is 32.6 Å². The lowest BCUT2D eigenvalue weighted by Gasteiger charge is -2.24. The second kappa shape index (κ2) is 4.70. The number of anilines is 1. The predicted octanol–water partition coefficient (Wildman–Crippen LogP) is 0.0527. The zero-order valence-electron chi connectivity index (χ0n) is 10.3. The molecule has 0 bridgehead atoms. The standard InChI is InChI=1S/C10H17N5O2/c1-10(4-5-11-6-10)15-7-12-8(16-2)14-9(13-7)17-3/h11H,4-6H2,1-3H3,(H,12,13,14,15). The van der Waals surface area contributed by atoms with Crippen molar-refractivity contribution in [3.05, 3.63) is 0 Å². The molecular formula is C10H17N5O2. The maximum atomic E-state index is 5.00. The molecule has 1 fully saturated rings. The molecule has 1 aromatic rings. The van der Waals surface area contributed by atoms with Crippen molar-refractivity contribution in [2.24, 2.45) is 0 Å². The quantitative estimate of drug-likeness (QED) is 0.768. The first kappa shape index (κ1) is 11.8. The fourth-order valence-corrected chi connectivity index (χ4v) is 1.77. The van der Waals surface area contributed by atoms with Gasteiger partial charge in [-0.1, -0.05) is 0 Å². The number of aromatic nitrogens is 3. The number of hydrogen-bond acceptors (Lipinski definition) is 7. The Balaban J connectivity index is 2.19. The highest BCUT2D eigenvalue weighted by molar-refractivity contribution is 5.32. The Bertz CT molecular complexity index is 370. The van der Waals surface area contributed by atoms with Gasteiger partial charge < -0.3 is 20.1 Å². The number of nitrogens with zero attached hydrogens (tertiary/aromatic N) is 3. The summed E-state index contributed by atoms with van der Waals surface area (Å²) in [7, 11) is 3.02. The Morgan fingerprint density at radius 2 is 1.82 bits per heavy atom. The van der Waals surface area contributed by atoms with Crippen LogP contribution in [0.5, 0.6) is 12.0 Å². The minimum atomic E-state index is -0.0443. The summed E-state index contributed by atoms with van der Waals surface area (Å²) in [6, 6.07) is 0.489. The van der Waals surface area contributed by atoms with Gasteiger partial charge in [0.25, 0.3) is 0 Å². The largest absolute Gasteiger partial charge is 0.467 e. The van der Waals surface area contributed by atoms with Gasteiger partial charge in [0, 0.05) is 6.54 Å². The highest BCUT2D eigenvalue weighted by Gasteiger charge is 2.29. The van der Waals surface area contributed by atoms with Crippen molar-refractivity contribution >= 4 is 5.95 Å². The van der Waals surface area contributed by atoms with E-state index in [2.05, 4.69) is 32.5 Å². The number of methoxy groups -OCH3 is 2. The van der Waals surface area contributed by atoms with Crippen LogP contribution in [-0.4, -0.2) is 47.8 Å². The van der Waals surface area contributed by atoms with Crippen molar-refractivity contribution in [1.82, 2.24) is 20.3 Å². The summed E-state index contributed by atoms with van der Waals surface area (Å²) in [6.45, 7) is 3.99. The van der Waals surface area contributed by atoms with Crippen LogP contribution in [0.4, 0.5) is 5.95 Å². The molecule has 0 saturated carbocycles. The van der Waals surface area contributed by atoms with Crippen LogP contribution in [0.3, 0.4) is 0 Å². The third kappa shape index (κ3) is 2.73. The van der Waals surface area contributed by atoms with E-state index in [0.29, 0.717) is 5.95 Å². The normalized spacial score (nSPS) is 23.5. The molecule has 2 rings (SSSR count). The van der Waals surface area contributed by atoms with Crippen LogP contribution < -0.4 is 20.1 Å². The summed E-state index contributed by atoms with van der Waals surface area (Å²) in [4.78, 5) is 12.2. The molecule has 0 aromatic carbocycles. The fourth-order valence-electron chi connectivity index (χ4n) is 1.77. The Labute approximate surface area is 100.0 Å². The molecule has 17 heavy (non-hydrogen) atoms. The van der Waals surface area contributed by atoms with Crippen LogP contribution in [0, 0.1) is 0 Å². The maximum Gasteiger partial charge on any atom is 0.324 e. The van der Waals surface area contributed by atoms with E-state index >= 15 is 0 Å². The molecule has 2 N–H and O–H groups in total. The van der Waals surface area contributed by atoms with Crippen LogP contribution >= 0.6 is 0 Å². The van der Waals surface area contributed by atoms with Gasteiger partial charge in [0.2, 0.25) is 5.95 Å². The first-order valence-electron chi connectivity index (χ1n) is 5.48. The Kier molecular flexibility index (Phi) is 3.28. The van der Waals surface area contributed by atoms with E-state index in [1.165, 1.54) is 14.2 Å². The molecule has 2 heterocycles. The van der Waals surface area contributed by atoms with Gasteiger partial charge in [-0.3, -0.25) is 0 Å². The van der Waals surface area contributed by atoms with Crippen molar-refractivity contribution in [3.8, 4) is 12.0 Å². The summed E-state index contributed by atoms with van der Waals surface area (Å²) in [6.07, 6.45) is 1.02. The fraction of sp³-hybridized carbons (Fsp3) is 0.700. The van der Waals surface area contributed by atoms with Gasteiger partial charge in [0.05, 0.1) is 19.8 Å². The Morgan fingerprint density at radius 3 is 2.29 bits per heavy atom. The molecule has 0 spiro atoms. The SMILES string of the molecule is COc1nc(NC2(C)CCNC2)nc(OC)n1. The molecule has 1 aromatic heterocycles. The average Bonchev–Trinajstić information content (AvgIpc) is 2.75. The molecule has 1 unspecified atom stereocenters. The van der Waals surface area contributed by atoms with Gasteiger partial charge in [0.15, 0.2) is 0 Å². The van der Waals surface area contributed by atoms with E-state index in [1.54, 1.807) is 0 Å². The van der Waals surface area contributed by atoms with E-state index in [4.69, 9.17) is 9.47 Å². The van der Waals surface area contributed by atoms with Crippen LogP contribution in [-0.2, 0) is 0 Å². The summed E-state index contributed by atoms with van der Waals surface area (Å²) in [5, 5.41) is 6.58. The molecular weight excluding hydrogens is 222 g/mol. The van der Waals surface area contributed by atoms with E-state index in [0.717, 1.165) is 19.5 Å². The highest BCUT2D eigenvalue weighted by atomic mass is 16.5. The second-order valence-electron chi connectivity index (χ2n) is 4.24. The Morgan fingerprint density at radius 1 is 1.18 bits per heavy atom. The minimum Gasteiger partial charge on any atom is -0.467 e. The molecule has 1 aliphatic rings. The van der Waals surface area contributed by atoms with Crippen LogP contribution in [0.2, 0.25) is 0 Å². The molecule has 0 amide bonds. The Hall–Kier alpha value is -1.63. The molecule has 1 atom stereocenters. The molecule has 0 radical (unpaired) electrons. The van der Waals surface area contributed by atoms with Gasteiger partial charge in [-0.2, -0.15) is 9.97 Å². The molecule has 7 heteroatoms. The van der Waals surface area contributed by atoms with Crippen LogP contribution in [0.15, 0.2) is 0 Å². The zero-order valence-corrected chi connectivity index (χ0v) is 10.3. The predicted molar refractivity (Wildman–Crippen MR) is 62.4 cm³/mol. The van der Waals surface area contributed by atoms with Crippen molar-refractivity contribution in [3.63, 3.8) is 0 Å². The van der Waals surface area contributed by atoms with Gasteiger partial charge >= 0.3 is 12.0 Å². The lowest BCUT2D eigenvalue weighted by atomic mass is 10.0. The second-order valence-corrected chi connectivity index (χ2v) is 4.24. The van der Waals surface area contributed by atoms with E-state index in [9.17, 15) is 0 Å². The first-order chi connectivity index (χ1) is 8.15. The highest BCUT2D eigenvalue weighted by Crippen LogP contribution is 2.20. The molecule has 1 aliphatic heterocycles. The number of hydrogen-bond donors (Lipinski definition) is 2. The van der Waals surface area contributed by atoms with E-state index in [-0.39, 0.29) is 17.6 Å². The maximum absolute atomic E-state index is 5.00. The molecule has 94 valence electrons. The van der Waals surface area contributed by atoms with E-state index < -0.39 is 0 Å². The van der Waals surface area contributed by atoms with Gasteiger partial charge in [0.1, 0.15) is 0 Å². The number of rotatable bonds is 4. The lowest BCUT2D eigenvalue weighted by Crippen LogP contribution is -2.37. The van der Waals surface area contributed by atoms with Gasteiger partial charge in [-0.25, -0.2) is 0 Å². The smallest absolute Gasteiger partial charge is 0.324 e. The van der Waals surface area contributed by atoms with Crippen LogP contribution in [0.25, 0.3) is 0 Å². The van der Waals surface area contributed by atoms with Crippen LogP contribution in [0.1, 0.15) is 13.3 Å². The van der Waals surface area contributed by atoms with Crippen molar-refractivity contribution < 1.29 is 9.47 Å². The lowest BCUT2D eigenvalue weighted by molar-refractivity contribution is 0.340. The summed E-state index contributed by atoms with van der Waals surface area (Å²) in [5.74, 6) is 0.472. The third-order valence-corrected chi connectivity index (χ3v) is 2.74. The monoisotopic (exact) mass is 239 g/mol.